The van der Waals surface area contributed by atoms with Crippen LogP contribution in [0.3, 0.4) is 0 Å². The van der Waals surface area contributed by atoms with Gasteiger partial charge >= 0.3 is 5.97 Å². The van der Waals surface area contributed by atoms with Gasteiger partial charge in [0.05, 0.1) is 19.1 Å². The number of ether oxygens (including phenoxy) is 2. The molecule has 4 aromatic rings. The number of benzene rings is 3. The summed E-state index contributed by atoms with van der Waals surface area (Å²) in [6, 6.07) is 19.0. The number of carboxylic acid groups (broad SMARTS) is 1. The van der Waals surface area contributed by atoms with Crippen molar-refractivity contribution in [3.05, 3.63) is 94.4 Å². The molecule has 3 aromatic carbocycles. The number of methoxy groups -OCH3 is 1. The first-order valence-corrected chi connectivity index (χ1v) is 15.1. The fourth-order valence-electron chi connectivity index (χ4n) is 4.47. The summed E-state index contributed by atoms with van der Waals surface area (Å²) in [4.78, 5) is 10.8. The molecule has 4 rings (SSSR count). The van der Waals surface area contributed by atoms with Gasteiger partial charge < -0.3 is 19.9 Å². The van der Waals surface area contributed by atoms with E-state index in [0.717, 1.165) is 39.3 Å². The third-order valence-corrected chi connectivity index (χ3v) is 6.43. The van der Waals surface area contributed by atoms with Crippen molar-refractivity contribution in [3.8, 4) is 22.8 Å². The molecular weight excluding hydrogens is 577 g/mol. The van der Waals surface area contributed by atoms with Gasteiger partial charge in [0.2, 0.25) is 5.88 Å². The van der Waals surface area contributed by atoms with E-state index >= 15 is 0 Å². The minimum atomic E-state index is -3.67. The topological polar surface area (TPSA) is 140 Å². The van der Waals surface area contributed by atoms with E-state index in [1.54, 1.807) is 23.9 Å². The van der Waals surface area contributed by atoms with Gasteiger partial charge in [0.15, 0.2) is 0 Å². The Morgan fingerprint density at radius 1 is 1.07 bits per heavy atom. The zero-order chi connectivity index (χ0) is 31.7. The maximum Gasteiger partial charge on any atom is 0.303 e. The predicted octanol–water partition coefficient (Wildman–Crippen LogP) is 5.56. The lowest BCUT2D eigenvalue weighted by Gasteiger charge is -2.15. The van der Waals surface area contributed by atoms with Gasteiger partial charge in [-0.05, 0) is 84.0 Å². The molecule has 0 aliphatic rings. The normalized spacial score (nSPS) is 11.0. The number of hydrogen-bond donors (Lipinski definition) is 3. The molecule has 10 nitrogen and oxygen atoms in total. The van der Waals surface area contributed by atoms with Crippen molar-refractivity contribution in [1.82, 2.24) is 9.78 Å². The number of carbonyl (C=O) groups is 1. The number of carboxylic acids is 1. The van der Waals surface area contributed by atoms with Gasteiger partial charge in [-0.15, -0.1) is 5.10 Å². The Balaban J connectivity index is 0.000000934. The van der Waals surface area contributed by atoms with Gasteiger partial charge in [-0.3, -0.25) is 14.0 Å². The quantitative estimate of drug-likeness (QED) is 0.185. The van der Waals surface area contributed by atoms with Gasteiger partial charge in [0.25, 0.3) is 10.1 Å². The molecule has 230 valence electrons. The molecule has 0 saturated carbocycles. The lowest BCUT2D eigenvalue weighted by Crippen LogP contribution is -2.04. The number of hydrogen-bond acceptors (Lipinski definition) is 7. The Morgan fingerprint density at radius 2 is 1.74 bits per heavy atom. The minimum Gasteiger partial charge on any atom is -0.487 e. The summed E-state index contributed by atoms with van der Waals surface area (Å²) in [5.74, 6) is 0.00237. The van der Waals surface area contributed by atoms with E-state index in [0.29, 0.717) is 36.5 Å². The van der Waals surface area contributed by atoms with Gasteiger partial charge in [0, 0.05) is 31.8 Å². The van der Waals surface area contributed by atoms with E-state index < -0.39 is 21.9 Å². The molecule has 12 heteroatoms. The summed E-state index contributed by atoms with van der Waals surface area (Å²) < 4.78 is 53.2. The number of aryl methyl sites for hydroxylation is 4. The molecule has 0 aliphatic heterocycles. The standard InChI is InChI=1S/C30H32FN3O4.CH4O3S/c1-19-12-26(38-18-25-16-28(37-4)33-34(25)3)13-20(2)30(19)23-7-5-6-21(14-23)17-32-24-10-8-22(27(31)15-24)9-11-29(35)36;1-5(2,3)4/h5-8,10,12-16,32H,9,11,17-18H2,1-4H3,(H,35,36);1H3,(H,2,3,4). The summed E-state index contributed by atoms with van der Waals surface area (Å²) in [6.45, 7) is 5.05. The third kappa shape index (κ3) is 10.4. The number of aromatic nitrogens is 2. The van der Waals surface area contributed by atoms with Crippen molar-refractivity contribution >= 4 is 21.8 Å². The highest BCUT2D eigenvalue weighted by Crippen LogP contribution is 2.32. The highest BCUT2D eigenvalue weighted by atomic mass is 32.2. The molecule has 0 radical (unpaired) electrons. The first kappa shape index (κ1) is 33.1. The average Bonchev–Trinajstić information content (AvgIpc) is 3.28. The minimum absolute atomic E-state index is 0.0952. The Bertz CT molecular complexity index is 1660. The first-order valence-electron chi connectivity index (χ1n) is 13.3. The predicted molar refractivity (Wildman–Crippen MR) is 163 cm³/mol. The van der Waals surface area contributed by atoms with Crippen molar-refractivity contribution in [2.45, 2.75) is 39.8 Å². The molecule has 1 heterocycles. The number of nitrogens with zero attached hydrogens (tertiary/aromatic N) is 2. The van der Waals surface area contributed by atoms with E-state index in [1.807, 2.05) is 37.4 Å². The van der Waals surface area contributed by atoms with E-state index in [-0.39, 0.29) is 12.8 Å². The van der Waals surface area contributed by atoms with Crippen molar-refractivity contribution in [3.63, 3.8) is 0 Å². The Kier molecular flexibility index (Phi) is 11.3. The Labute approximate surface area is 250 Å². The number of nitrogens with one attached hydrogen (secondary N) is 1. The van der Waals surface area contributed by atoms with Crippen molar-refractivity contribution in [1.29, 1.82) is 0 Å². The number of anilines is 1. The molecule has 0 spiro atoms. The van der Waals surface area contributed by atoms with E-state index in [9.17, 15) is 17.6 Å². The van der Waals surface area contributed by atoms with Crippen LogP contribution >= 0.6 is 0 Å². The van der Waals surface area contributed by atoms with Crippen LogP contribution in [0.5, 0.6) is 11.6 Å². The Hall–Kier alpha value is -4.42. The second kappa shape index (κ2) is 14.7. The van der Waals surface area contributed by atoms with Crippen LogP contribution in [0.2, 0.25) is 0 Å². The molecule has 0 bridgehead atoms. The van der Waals surface area contributed by atoms with E-state index in [4.69, 9.17) is 19.1 Å². The highest BCUT2D eigenvalue weighted by molar-refractivity contribution is 7.85. The van der Waals surface area contributed by atoms with Gasteiger partial charge in [0.1, 0.15) is 18.2 Å². The molecule has 0 fully saturated rings. The summed E-state index contributed by atoms with van der Waals surface area (Å²) in [5.41, 5.74) is 7.47. The smallest absolute Gasteiger partial charge is 0.303 e. The molecule has 3 N–H and O–H groups in total. The van der Waals surface area contributed by atoms with Crippen LogP contribution in [0.15, 0.2) is 60.7 Å². The van der Waals surface area contributed by atoms with Crippen LogP contribution in [0.25, 0.3) is 11.1 Å². The largest absolute Gasteiger partial charge is 0.487 e. The molecule has 43 heavy (non-hydrogen) atoms. The second-order valence-corrected chi connectivity index (χ2v) is 11.5. The first-order chi connectivity index (χ1) is 20.2. The maximum atomic E-state index is 14.4. The van der Waals surface area contributed by atoms with Crippen LogP contribution < -0.4 is 14.8 Å². The molecule has 0 amide bonds. The molecule has 0 atom stereocenters. The lowest BCUT2D eigenvalue weighted by molar-refractivity contribution is -0.136. The zero-order valence-corrected chi connectivity index (χ0v) is 25.5. The van der Waals surface area contributed by atoms with E-state index in [1.165, 1.54) is 6.07 Å². The summed E-state index contributed by atoms with van der Waals surface area (Å²) in [6.07, 6.45) is 0.791. The Morgan fingerprint density at radius 3 is 2.33 bits per heavy atom. The van der Waals surface area contributed by atoms with Gasteiger partial charge in [-0.25, -0.2) is 4.39 Å². The van der Waals surface area contributed by atoms with Crippen molar-refractivity contribution in [2.75, 3.05) is 18.7 Å². The molecule has 0 aliphatic carbocycles. The number of halogens is 1. The summed E-state index contributed by atoms with van der Waals surface area (Å²) in [5, 5.41) is 16.3. The van der Waals surface area contributed by atoms with Crippen LogP contribution in [0.1, 0.15) is 34.4 Å². The van der Waals surface area contributed by atoms with Crippen molar-refractivity contribution < 1.29 is 36.7 Å². The fourth-order valence-corrected chi connectivity index (χ4v) is 4.47. The molecule has 1 aromatic heterocycles. The lowest BCUT2D eigenvalue weighted by atomic mass is 9.94. The third-order valence-electron chi connectivity index (χ3n) is 6.43. The van der Waals surface area contributed by atoms with Gasteiger partial charge in [-0.2, -0.15) is 8.42 Å². The fraction of sp³-hybridized carbons (Fsp3) is 0.290. The summed E-state index contributed by atoms with van der Waals surface area (Å²) in [7, 11) is -0.219. The van der Waals surface area contributed by atoms with E-state index in [2.05, 4.69) is 36.4 Å². The number of aliphatic carboxylic acids is 1. The van der Waals surface area contributed by atoms with Crippen LogP contribution in [-0.4, -0.2) is 47.2 Å². The zero-order valence-electron chi connectivity index (χ0n) is 24.7. The molecular formula is C31H36FN3O7S. The van der Waals surface area contributed by atoms with Crippen LogP contribution in [0.4, 0.5) is 10.1 Å². The van der Waals surface area contributed by atoms with Crippen LogP contribution in [0, 0.1) is 19.7 Å². The molecule has 0 saturated heterocycles. The maximum absolute atomic E-state index is 14.4. The SMILES string of the molecule is COc1cc(COc2cc(C)c(-c3cccc(CNc4ccc(CCC(=O)O)c(F)c4)c3)c(C)c2)n(C)n1.CS(=O)(=O)O. The van der Waals surface area contributed by atoms with Crippen molar-refractivity contribution in [2.24, 2.45) is 7.05 Å². The highest BCUT2D eigenvalue weighted by Gasteiger charge is 2.12. The second-order valence-electron chi connectivity index (χ2n) is 10.0. The molecule has 0 unspecified atom stereocenters. The number of rotatable bonds is 11. The van der Waals surface area contributed by atoms with Gasteiger partial charge in [-0.1, -0.05) is 24.3 Å². The van der Waals surface area contributed by atoms with Crippen LogP contribution in [-0.2, 0) is 41.5 Å². The summed E-state index contributed by atoms with van der Waals surface area (Å²) >= 11 is 0. The average molecular weight is 614 g/mol. The monoisotopic (exact) mass is 613 g/mol.